The van der Waals surface area contributed by atoms with Gasteiger partial charge in [-0.25, -0.2) is 4.79 Å². The number of carbonyl (C=O) groups excluding carboxylic acids is 1. The van der Waals surface area contributed by atoms with Gasteiger partial charge in [0.25, 0.3) is 0 Å². The summed E-state index contributed by atoms with van der Waals surface area (Å²) in [6.07, 6.45) is 3.62. The number of ether oxygens (including phenoxy) is 1. The van der Waals surface area contributed by atoms with Crippen molar-refractivity contribution in [1.29, 1.82) is 0 Å². The highest BCUT2D eigenvalue weighted by Gasteiger charge is 2.38. The van der Waals surface area contributed by atoms with E-state index in [1.807, 2.05) is 0 Å². The van der Waals surface area contributed by atoms with Gasteiger partial charge in [0.2, 0.25) is 5.91 Å². The zero-order chi connectivity index (χ0) is 14.1. The Morgan fingerprint density at radius 3 is 2.63 bits per heavy atom. The maximum atomic E-state index is 12.3. The van der Waals surface area contributed by atoms with E-state index in [4.69, 9.17) is 9.84 Å². The first-order chi connectivity index (χ1) is 9.10. The summed E-state index contributed by atoms with van der Waals surface area (Å²) >= 11 is 0. The second-order valence-corrected chi connectivity index (χ2v) is 4.98. The fourth-order valence-corrected chi connectivity index (χ4v) is 2.56. The minimum absolute atomic E-state index is 0.0785. The van der Waals surface area contributed by atoms with Gasteiger partial charge in [-0.15, -0.1) is 0 Å². The fraction of sp³-hybridized carbons (Fsp3) is 0.846. The number of hydrogen-bond donors (Lipinski definition) is 3. The van der Waals surface area contributed by atoms with Gasteiger partial charge in [0.05, 0.1) is 12.0 Å². The monoisotopic (exact) mass is 272 g/mol. The Bertz CT molecular complexity index is 296. The molecule has 1 fully saturated rings. The summed E-state index contributed by atoms with van der Waals surface area (Å²) < 4.78 is 4.90. The van der Waals surface area contributed by atoms with Crippen LogP contribution in [0.4, 0.5) is 0 Å². The van der Waals surface area contributed by atoms with Crippen LogP contribution in [0.3, 0.4) is 0 Å². The molecule has 0 aromatic carbocycles. The lowest BCUT2D eigenvalue weighted by molar-refractivity contribution is -0.142. The number of piperidine rings is 1. The van der Waals surface area contributed by atoms with Crippen molar-refractivity contribution in [2.45, 2.75) is 32.6 Å². The number of hydrogen-bond acceptors (Lipinski definition) is 4. The van der Waals surface area contributed by atoms with Crippen molar-refractivity contribution in [3.05, 3.63) is 0 Å². The van der Waals surface area contributed by atoms with Crippen molar-refractivity contribution in [3.63, 3.8) is 0 Å². The number of rotatable bonds is 8. The van der Waals surface area contributed by atoms with Crippen LogP contribution in [0, 0.1) is 5.41 Å². The predicted molar refractivity (Wildman–Crippen MR) is 70.9 cm³/mol. The SMILES string of the molecule is CCCC1(C(=O)NCCOCC(=O)O)CCNCC1. The second kappa shape index (κ2) is 8.12. The number of nitrogens with one attached hydrogen (secondary N) is 2. The number of carboxylic acid groups (broad SMARTS) is 1. The zero-order valence-corrected chi connectivity index (χ0v) is 11.5. The summed E-state index contributed by atoms with van der Waals surface area (Å²) in [6, 6.07) is 0. The molecule has 0 saturated carbocycles. The molecule has 0 unspecified atom stereocenters. The van der Waals surface area contributed by atoms with Gasteiger partial charge in [-0.3, -0.25) is 4.79 Å². The van der Waals surface area contributed by atoms with Crippen LogP contribution in [-0.2, 0) is 14.3 Å². The number of amides is 1. The van der Waals surface area contributed by atoms with E-state index < -0.39 is 5.97 Å². The third kappa shape index (κ3) is 5.16. The fourth-order valence-electron chi connectivity index (χ4n) is 2.56. The first-order valence-electron chi connectivity index (χ1n) is 6.89. The maximum absolute atomic E-state index is 12.3. The number of aliphatic carboxylic acids is 1. The van der Waals surface area contributed by atoms with Gasteiger partial charge in [0, 0.05) is 6.54 Å². The highest BCUT2D eigenvalue weighted by molar-refractivity contribution is 5.82. The normalized spacial score (nSPS) is 17.9. The largest absolute Gasteiger partial charge is 0.480 e. The molecule has 6 heteroatoms. The standard InChI is InChI=1S/C13H24N2O4/c1-2-3-13(4-6-14-7-5-13)12(18)15-8-9-19-10-11(16)17/h14H,2-10H2,1H3,(H,15,18)(H,16,17). The molecule has 0 aromatic rings. The van der Waals surface area contributed by atoms with Crippen LogP contribution in [0.15, 0.2) is 0 Å². The molecule has 6 nitrogen and oxygen atoms in total. The lowest BCUT2D eigenvalue weighted by Gasteiger charge is -2.36. The van der Waals surface area contributed by atoms with E-state index in [0.717, 1.165) is 38.8 Å². The van der Waals surface area contributed by atoms with Crippen molar-refractivity contribution in [1.82, 2.24) is 10.6 Å². The van der Waals surface area contributed by atoms with Crippen molar-refractivity contribution in [2.75, 3.05) is 32.8 Å². The summed E-state index contributed by atoms with van der Waals surface area (Å²) in [5, 5.41) is 14.6. The summed E-state index contributed by atoms with van der Waals surface area (Å²) in [5.41, 5.74) is -0.257. The summed E-state index contributed by atoms with van der Waals surface area (Å²) in [4.78, 5) is 22.6. The van der Waals surface area contributed by atoms with Crippen molar-refractivity contribution < 1.29 is 19.4 Å². The molecule has 1 amide bonds. The highest BCUT2D eigenvalue weighted by Crippen LogP contribution is 2.34. The third-order valence-electron chi connectivity index (χ3n) is 3.53. The van der Waals surface area contributed by atoms with E-state index in [1.165, 1.54) is 0 Å². The molecule has 110 valence electrons. The van der Waals surface area contributed by atoms with Crippen molar-refractivity contribution >= 4 is 11.9 Å². The van der Waals surface area contributed by atoms with E-state index in [0.29, 0.717) is 6.54 Å². The van der Waals surface area contributed by atoms with E-state index in [9.17, 15) is 9.59 Å². The zero-order valence-electron chi connectivity index (χ0n) is 11.5. The molecule has 0 aromatic heterocycles. The van der Waals surface area contributed by atoms with Crippen LogP contribution in [0.2, 0.25) is 0 Å². The molecule has 3 N–H and O–H groups in total. The topological polar surface area (TPSA) is 87.7 Å². The van der Waals surface area contributed by atoms with Gasteiger partial charge in [0.15, 0.2) is 0 Å². The van der Waals surface area contributed by atoms with Crippen LogP contribution in [-0.4, -0.2) is 49.8 Å². The van der Waals surface area contributed by atoms with E-state index in [1.54, 1.807) is 0 Å². The smallest absolute Gasteiger partial charge is 0.329 e. The molecule has 1 saturated heterocycles. The van der Waals surface area contributed by atoms with Crippen LogP contribution in [0.5, 0.6) is 0 Å². The summed E-state index contributed by atoms with van der Waals surface area (Å²) in [7, 11) is 0. The predicted octanol–water partition coefficient (Wildman–Crippen LogP) is 0.374. The third-order valence-corrected chi connectivity index (χ3v) is 3.53. The highest BCUT2D eigenvalue weighted by atomic mass is 16.5. The van der Waals surface area contributed by atoms with Gasteiger partial charge in [-0.2, -0.15) is 0 Å². The van der Waals surface area contributed by atoms with Crippen molar-refractivity contribution in [3.8, 4) is 0 Å². The molecular formula is C13H24N2O4. The molecule has 0 aliphatic carbocycles. The first-order valence-corrected chi connectivity index (χ1v) is 6.89. The Labute approximate surface area is 113 Å². The molecule has 1 aliphatic heterocycles. The molecule has 0 spiro atoms. The van der Waals surface area contributed by atoms with Gasteiger partial charge in [-0.05, 0) is 32.4 Å². The van der Waals surface area contributed by atoms with Crippen LogP contribution in [0.1, 0.15) is 32.6 Å². The lowest BCUT2D eigenvalue weighted by Crippen LogP contribution is -2.48. The van der Waals surface area contributed by atoms with Gasteiger partial charge in [0.1, 0.15) is 6.61 Å². The van der Waals surface area contributed by atoms with Crippen LogP contribution in [0.25, 0.3) is 0 Å². The van der Waals surface area contributed by atoms with E-state index >= 15 is 0 Å². The Morgan fingerprint density at radius 1 is 1.37 bits per heavy atom. The van der Waals surface area contributed by atoms with Gasteiger partial charge < -0.3 is 20.5 Å². The number of carbonyl (C=O) groups is 2. The first kappa shape index (κ1) is 15.9. The van der Waals surface area contributed by atoms with E-state index in [-0.39, 0.29) is 24.5 Å². The molecule has 1 aliphatic rings. The Morgan fingerprint density at radius 2 is 2.05 bits per heavy atom. The maximum Gasteiger partial charge on any atom is 0.329 e. The van der Waals surface area contributed by atoms with Gasteiger partial charge in [-0.1, -0.05) is 13.3 Å². The minimum atomic E-state index is -0.993. The van der Waals surface area contributed by atoms with Crippen LogP contribution >= 0.6 is 0 Å². The molecule has 0 radical (unpaired) electrons. The Kier molecular flexibility index (Phi) is 6.80. The minimum Gasteiger partial charge on any atom is -0.480 e. The molecular weight excluding hydrogens is 248 g/mol. The molecule has 0 atom stereocenters. The molecule has 0 bridgehead atoms. The summed E-state index contributed by atoms with van der Waals surface area (Å²) in [6.45, 7) is 4.13. The van der Waals surface area contributed by atoms with Crippen molar-refractivity contribution in [2.24, 2.45) is 5.41 Å². The average Bonchev–Trinajstić information content (AvgIpc) is 2.39. The lowest BCUT2D eigenvalue weighted by atomic mass is 9.74. The Hall–Kier alpha value is -1.14. The average molecular weight is 272 g/mol. The van der Waals surface area contributed by atoms with Crippen LogP contribution < -0.4 is 10.6 Å². The molecule has 19 heavy (non-hydrogen) atoms. The summed E-state index contributed by atoms with van der Waals surface area (Å²) in [5.74, 6) is -0.915. The quantitative estimate of drug-likeness (QED) is 0.556. The Balaban J connectivity index is 2.33. The second-order valence-electron chi connectivity index (χ2n) is 4.98. The van der Waals surface area contributed by atoms with E-state index in [2.05, 4.69) is 17.6 Å². The molecule has 1 rings (SSSR count). The number of carboxylic acids is 1. The molecule has 1 heterocycles. The van der Waals surface area contributed by atoms with Gasteiger partial charge >= 0.3 is 5.97 Å².